The fourth-order valence-electron chi connectivity index (χ4n) is 6.42. The molecule has 0 aliphatic carbocycles. The zero-order valence-electron chi connectivity index (χ0n) is 23.6. The molecule has 0 bridgehead atoms. The molecule has 1 aliphatic heterocycles. The summed E-state index contributed by atoms with van der Waals surface area (Å²) in [6.07, 6.45) is 3.06. The van der Waals surface area contributed by atoms with Crippen LogP contribution in [0.4, 0.5) is 0 Å². The first-order chi connectivity index (χ1) is 21.8. The molecule has 0 saturated heterocycles. The predicted molar refractivity (Wildman–Crippen MR) is 175 cm³/mol. The van der Waals surface area contributed by atoms with Crippen molar-refractivity contribution in [2.24, 2.45) is 4.99 Å². The van der Waals surface area contributed by atoms with Crippen molar-refractivity contribution in [3.8, 4) is 11.1 Å². The van der Waals surface area contributed by atoms with Gasteiger partial charge in [0.2, 0.25) is 0 Å². The molecular formula is C38H26N4O2. The van der Waals surface area contributed by atoms with Crippen LogP contribution in [0.25, 0.3) is 55.0 Å². The minimum atomic E-state index is -0.305. The third-order valence-electron chi connectivity index (χ3n) is 8.49. The number of para-hydroxylation sites is 1. The maximum atomic E-state index is 6.25. The number of hydrogen-bond acceptors (Lipinski definition) is 6. The van der Waals surface area contributed by atoms with Gasteiger partial charge in [-0.1, -0.05) is 97.1 Å². The average Bonchev–Trinajstić information content (AvgIpc) is 3.67. The van der Waals surface area contributed by atoms with E-state index in [1.165, 1.54) is 11.1 Å². The lowest BCUT2D eigenvalue weighted by molar-refractivity contribution is 0.411. The van der Waals surface area contributed by atoms with E-state index in [1.54, 1.807) is 6.20 Å². The van der Waals surface area contributed by atoms with Crippen LogP contribution in [-0.2, 0) is 0 Å². The van der Waals surface area contributed by atoms with Crippen LogP contribution in [0.2, 0.25) is 0 Å². The van der Waals surface area contributed by atoms with Crippen molar-refractivity contribution in [3.63, 3.8) is 0 Å². The van der Waals surface area contributed by atoms with Crippen molar-refractivity contribution in [1.29, 1.82) is 0 Å². The van der Waals surface area contributed by atoms with Crippen LogP contribution in [0.15, 0.2) is 148 Å². The first-order valence-electron chi connectivity index (χ1n) is 14.7. The van der Waals surface area contributed by atoms with Gasteiger partial charge in [-0.2, -0.15) is 0 Å². The summed E-state index contributed by atoms with van der Waals surface area (Å²) in [4.78, 5) is 9.67. The molecule has 0 saturated carbocycles. The Morgan fingerprint density at radius 2 is 1.27 bits per heavy atom. The number of nitrogens with one attached hydrogen (secondary N) is 2. The summed E-state index contributed by atoms with van der Waals surface area (Å²) < 4.78 is 12.5. The molecule has 5 aromatic carbocycles. The van der Waals surface area contributed by atoms with Crippen molar-refractivity contribution in [3.05, 3.63) is 150 Å². The van der Waals surface area contributed by atoms with E-state index >= 15 is 0 Å². The van der Waals surface area contributed by atoms with Crippen molar-refractivity contribution < 1.29 is 8.83 Å². The van der Waals surface area contributed by atoms with Crippen LogP contribution in [0.3, 0.4) is 0 Å². The summed E-state index contributed by atoms with van der Waals surface area (Å²) in [6, 6.07) is 41.5. The Morgan fingerprint density at radius 1 is 0.568 bits per heavy atom. The van der Waals surface area contributed by atoms with Gasteiger partial charge < -0.3 is 14.2 Å². The molecule has 0 fully saturated rings. The number of furan rings is 2. The minimum Gasteiger partial charge on any atom is -0.456 e. The molecule has 3 aromatic heterocycles. The van der Waals surface area contributed by atoms with Crippen LogP contribution < -0.4 is 10.6 Å². The van der Waals surface area contributed by atoms with E-state index in [0.717, 1.165) is 66.4 Å². The molecule has 8 aromatic rings. The standard InChI is InChI=1S/C38H26N4O2/c1-2-8-23(9-3-1)24-16-18-25(19-17-24)36-40-37(27-11-6-14-32-34(27)26-10-4-5-13-30(26)43-32)42-38(41-36)28-12-7-15-33-35(28)29-22-39-21-20-31(29)44-33/h1-22,36-37,40H,(H,41,42). The highest BCUT2D eigenvalue weighted by atomic mass is 16.3. The summed E-state index contributed by atoms with van der Waals surface area (Å²) in [6.45, 7) is 0. The third-order valence-corrected chi connectivity index (χ3v) is 8.49. The lowest BCUT2D eigenvalue weighted by Gasteiger charge is -2.32. The van der Waals surface area contributed by atoms with Crippen molar-refractivity contribution in [1.82, 2.24) is 15.6 Å². The van der Waals surface area contributed by atoms with E-state index in [4.69, 9.17) is 13.8 Å². The zero-order chi connectivity index (χ0) is 29.0. The van der Waals surface area contributed by atoms with Gasteiger partial charge in [0.1, 0.15) is 40.5 Å². The molecule has 44 heavy (non-hydrogen) atoms. The van der Waals surface area contributed by atoms with E-state index in [9.17, 15) is 0 Å². The van der Waals surface area contributed by atoms with E-state index in [0.29, 0.717) is 0 Å². The molecule has 9 rings (SSSR count). The Labute approximate surface area is 252 Å². The Balaban J connectivity index is 1.21. The number of amidine groups is 1. The quantitative estimate of drug-likeness (QED) is 0.221. The van der Waals surface area contributed by atoms with Crippen LogP contribution in [0.5, 0.6) is 0 Å². The highest BCUT2D eigenvalue weighted by Gasteiger charge is 2.29. The number of aliphatic imine (C=N–C) groups is 1. The molecular weight excluding hydrogens is 544 g/mol. The molecule has 0 spiro atoms. The fraction of sp³-hybridized carbons (Fsp3) is 0.0526. The van der Waals surface area contributed by atoms with E-state index < -0.39 is 0 Å². The molecule has 6 nitrogen and oxygen atoms in total. The summed E-state index contributed by atoms with van der Waals surface area (Å²) in [5, 5.41) is 11.7. The maximum absolute atomic E-state index is 6.25. The Bertz CT molecular complexity index is 2350. The summed E-state index contributed by atoms with van der Waals surface area (Å²) in [5.41, 5.74) is 8.82. The SMILES string of the molecule is c1ccc(-c2ccc(C3N=C(c4cccc5oc6ccncc6c45)NC(c4cccc5oc6ccccc6c45)N3)cc2)cc1. The zero-order valence-corrected chi connectivity index (χ0v) is 23.6. The number of benzene rings is 5. The van der Waals surface area contributed by atoms with Gasteiger partial charge in [0, 0.05) is 45.1 Å². The molecule has 4 heterocycles. The Hall–Kier alpha value is -5.72. The fourth-order valence-corrected chi connectivity index (χ4v) is 6.42. The van der Waals surface area contributed by atoms with Gasteiger partial charge in [-0.25, -0.2) is 4.99 Å². The van der Waals surface area contributed by atoms with Gasteiger partial charge in [0.25, 0.3) is 0 Å². The van der Waals surface area contributed by atoms with Gasteiger partial charge in [0.05, 0.1) is 0 Å². The second-order valence-corrected chi connectivity index (χ2v) is 11.1. The molecule has 210 valence electrons. The number of fused-ring (bicyclic) bond motifs is 6. The number of aromatic nitrogens is 1. The van der Waals surface area contributed by atoms with Gasteiger partial charge in [0.15, 0.2) is 0 Å². The van der Waals surface area contributed by atoms with E-state index in [2.05, 4.69) is 94.5 Å². The smallest absolute Gasteiger partial charge is 0.138 e. The molecule has 6 heteroatoms. The van der Waals surface area contributed by atoms with Crippen LogP contribution in [0, 0.1) is 0 Å². The van der Waals surface area contributed by atoms with Crippen molar-refractivity contribution in [2.75, 3.05) is 0 Å². The highest BCUT2D eigenvalue weighted by Crippen LogP contribution is 2.37. The third kappa shape index (κ3) is 4.00. The van der Waals surface area contributed by atoms with Crippen LogP contribution in [-0.4, -0.2) is 10.8 Å². The van der Waals surface area contributed by atoms with Gasteiger partial charge in [-0.15, -0.1) is 0 Å². The molecule has 2 unspecified atom stereocenters. The van der Waals surface area contributed by atoms with Crippen LogP contribution in [0.1, 0.15) is 29.0 Å². The number of hydrogen-bond donors (Lipinski definition) is 2. The first-order valence-corrected chi connectivity index (χ1v) is 14.7. The average molecular weight is 571 g/mol. The van der Waals surface area contributed by atoms with Gasteiger partial charge >= 0.3 is 0 Å². The lowest BCUT2D eigenvalue weighted by Crippen LogP contribution is -2.45. The lowest BCUT2D eigenvalue weighted by atomic mass is 9.99. The first kappa shape index (κ1) is 24.8. The normalized spacial score (nSPS) is 16.9. The van der Waals surface area contributed by atoms with Crippen molar-refractivity contribution in [2.45, 2.75) is 12.3 Å². The largest absolute Gasteiger partial charge is 0.456 e. The monoisotopic (exact) mass is 570 g/mol. The highest BCUT2D eigenvalue weighted by molar-refractivity contribution is 6.18. The van der Waals surface area contributed by atoms with E-state index in [1.807, 2.05) is 48.7 Å². The molecule has 2 atom stereocenters. The molecule has 1 aliphatic rings. The maximum Gasteiger partial charge on any atom is 0.138 e. The predicted octanol–water partition coefficient (Wildman–Crippen LogP) is 8.88. The second-order valence-electron chi connectivity index (χ2n) is 11.1. The van der Waals surface area contributed by atoms with Crippen molar-refractivity contribution >= 4 is 49.7 Å². The molecule has 2 N–H and O–H groups in total. The Morgan fingerprint density at radius 3 is 2.14 bits per heavy atom. The van der Waals surface area contributed by atoms with Gasteiger partial charge in [-0.05, 0) is 41.0 Å². The minimum absolute atomic E-state index is 0.252. The number of nitrogens with zero attached hydrogens (tertiary/aromatic N) is 2. The topological polar surface area (TPSA) is 75.6 Å². The van der Waals surface area contributed by atoms with Crippen LogP contribution >= 0.6 is 0 Å². The second kappa shape index (κ2) is 9.93. The van der Waals surface area contributed by atoms with E-state index in [-0.39, 0.29) is 12.3 Å². The Kier molecular flexibility index (Phi) is 5.61. The number of pyridine rings is 1. The molecule has 0 amide bonds. The summed E-state index contributed by atoms with van der Waals surface area (Å²) in [7, 11) is 0. The summed E-state index contributed by atoms with van der Waals surface area (Å²) in [5.74, 6) is 0.785. The summed E-state index contributed by atoms with van der Waals surface area (Å²) >= 11 is 0. The number of rotatable bonds is 4. The van der Waals surface area contributed by atoms with Gasteiger partial charge in [-0.3, -0.25) is 10.3 Å². The molecule has 0 radical (unpaired) electrons.